The lowest BCUT2D eigenvalue weighted by atomic mass is 9.89. The van der Waals surface area contributed by atoms with Crippen molar-refractivity contribution in [2.45, 2.75) is 32.3 Å². The quantitative estimate of drug-likeness (QED) is 0.847. The number of aromatic nitrogens is 2. The molecule has 1 unspecified atom stereocenters. The molecule has 0 bridgehead atoms. The summed E-state index contributed by atoms with van der Waals surface area (Å²) in [5, 5.41) is 4.52. The van der Waals surface area contributed by atoms with E-state index in [1.807, 2.05) is 42.4 Å². The maximum atomic E-state index is 13.2. The Hall–Kier alpha value is -2.34. The van der Waals surface area contributed by atoms with Crippen LogP contribution < -0.4 is 4.74 Å². The third-order valence-electron chi connectivity index (χ3n) is 4.61. The van der Waals surface area contributed by atoms with E-state index < -0.39 is 0 Å². The molecule has 1 aromatic carbocycles. The SMILES string of the molecule is COc1ccc(C2CN(C(=O)c3cn(C)nc3C(C)(C)C)CCO2)cc1. The van der Waals surface area contributed by atoms with Gasteiger partial charge in [0.25, 0.3) is 5.91 Å². The number of benzene rings is 1. The number of morpholine rings is 1. The molecule has 1 aliphatic heterocycles. The van der Waals surface area contributed by atoms with Crippen molar-refractivity contribution in [3.8, 4) is 5.75 Å². The van der Waals surface area contributed by atoms with Crippen molar-refractivity contribution in [2.24, 2.45) is 7.05 Å². The summed E-state index contributed by atoms with van der Waals surface area (Å²) in [6.45, 7) is 7.86. The van der Waals surface area contributed by atoms with E-state index in [1.165, 1.54) is 0 Å². The van der Waals surface area contributed by atoms with E-state index in [0.29, 0.717) is 25.3 Å². The van der Waals surface area contributed by atoms with Crippen molar-refractivity contribution in [3.63, 3.8) is 0 Å². The smallest absolute Gasteiger partial charge is 0.257 e. The van der Waals surface area contributed by atoms with E-state index in [1.54, 1.807) is 11.8 Å². The highest BCUT2D eigenvalue weighted by molar-refractivity contribution is 5.95. The molecule has 0 aliphatic carbocycles. The van der Waals surface area contributed by atoms with Crippen LogP contribution in [0.2, 0.25) is 0 Å². The van der Waals surface area contributed by atoms with E-state index in [-0.39, 0.29) is 17.4 Å². The zero-order valence-electron chi connectivity index (χ0n) is 16.2. The number of ether oxygens (including phenoxy) is 2. The number of amides is 1. The molecule has 0 saturated carbocycles. The van der Waals surface area contributed by atoms with Crippen LogP contribution in [0.25, 0.3) is 0 Å². The van der Waals surface area contributed by atoms with Crippen LogP contribution in [0.3, 0.4) is 0 Å². The van der Waals surface area contributed by atoms with E-state index in [9.17, 15) is 4.79 Å². The van der Waals surface area contributed by atoms with Gasteiger partial charge in [-0.3, -0.25) is 9.48 Å². The van der Waals surface area contributed by atoms with E-state index in [2.05, 4.69) is 25.9 Å². The molecule has 1 amide bonds. The fourth-order valence-corrected chi connectivity index (χ4v) is 3.22. The third kappa shape index (κ3) is 3.75. The second-order valence-electron chi connectivity index (χ2n) is 7.70. The number of hydrogen-bond acceptors (Lipinski definition) is 4. The van der Waals surface area contributed by atoms with Crippen molar-refractivity contribution in [3.05, 3.63) is 47.3 Å². The number of carbonyl (C=O) groups excluding carboxylic acids is 1. The van der Waals surface area contributed by atoms with Gasteiger partial charge in [-0.25, -0.2) is 0 Å². The van der Waals surface area contributed by atoms with E-state index in [0.717, 1.165) is 17.0 Å². The number of methoxy groups -OCH3 is 1. The van der Waals surface area contributed by atoms with Crippen molar-refractivity contribution < 1.29 is 14.3 Å². The molecule has 1 atom stereocenters. The predicted molar refractivity (Wildman–Crippen MR) is 99.5 cm³/mol. The first-order valence-corrected chi connectivity index (χ1v) is 8.88. The first kappa shape index (κ1) is 18.5. The van der Waals surface area contributed by atoms with Crippen molar-refractivity contribution in [1.82, 2.24) is 14.7 Å². The Morgan fingerprint density at radius 3 is 2.58 bits per heavy atom. The summed E-state index contributed by atoms with van der Waals surface area (Å²) in [7, 11) is 3.50. The monoisotopic (exact) mass is 357 g/mol. The second kappa shape index (κ2) is 7.11. The molecule has 0 N–H and O–H groups in total. The van der Waals surface area contributed by atoms with Gasteiger partial charge >= 0.3 is 0 Å². The molecule has 140 valence electrons. The van der Waals surface area contributed by atoms with Gasteiger partial charge in [-0.15, -0.1) is 0 Å². The molecule has 2 aromatic rings. The Morgan fingerprint density at radius 1 is 1.27 bits per heavy atom. The molecule has 3 rings (SSSR count). The Labute approximate surface area is 154 Å². The summed E-state index contributed by atoms with van der Waals surface area (Å²) in [5.74, 6) is 0.826. The minimum absolute atomic E-state index is 0.0184. The van der Waals surface area contributed by atoms with E-state index >= 15 is 0 Å². The highest BCUT2D eigenvalue weighted by Gasteiger charge is 2.31. The van der Waals surface area contributed by atoms with Gasteiger partial charge in [0.2, 0.25) is 0 Å². The van der Waals surface area contributed by atoms with Crippen LogP contribution in [0.4, 0.5) is 0 Å². The second-order valence-corrected chi connectivity index (χ2v) is 7.70. The standard InChI is InChI=1S/C20H27N3O3/c1-20(2,3)18-16(12-22(4)21-18)19(24)23-10-11-26-17(13-23)14-6-8-15(25-5)9-7-14/h6-9,12,17H,10-11,13H2,1-5H3. The van der Waals surface area contributed by atoms with Gasteiger partial charge in [0.15, 0.2) is 0 Å². The highest BCUT2D eigenvalue weighted by Crippen LogP contribution is 2.28. The molecular weight excluding hydrogens is 330 g/mol. The van der Waals surface area contributed by atoms with Crippen molar-refractivity contribution in [1.29, 1.82) is 0 Å². The fourth-order valence-electron chi connectivity index (χ4n) is 3.22. The normalized spacial score (nSPS) is 18.0. The lowest BCUT2D eigenvalue weighted by Gasteiger charge is -2.33. The Morgan fingerprint density at radius 2 is 1.96 bits per heavy atom. The summed E-state index contributed by atoms with van der Waals surface area (Å²) in [6, 6.07) is 7.81. The van der Waals surface area contributed by atoms with Gasteiger partial charge in [0.05, 0.1) is 31.5 Å². The van der Waals surface area contributed by atoms with Crippen molar-refractivity contribution in [2.75, 3.05) is 26.8 Å². The molecule has 6 nitrogen and oxygen atoms in total. The van der Waals surface area contributed by atoms with Crippen molar-refractivity contribution >= 4 is 5.91 Å². The van der Waals surface area contributed by atoms with E-state index in [4.69, 9.17) is 9.47 Å². The topological polar surface area (TPSA) is 56.6 Å². The Kier molecular flexibility index (Phi) is 5.05. The Balaban J connectivity index is 1.80. The molecule has 2 heterocycles. The first-order valence-electron chi connectivity index (χ1n) is 8.88. The van der Waals surface area contributed by atoms with Crippen LogP contribution in [0.1, 0.15) is 48.5 Å². The summed E-state index contributed by atoms with van der Waals surface area (Å²) in [6.07, 6.45) is 1.69. The average Bonchev–Trinajstić information content (AvgIpc) is 3.03. The fraction of sp³-hybridized carbons (Fsp3) is 0.500. The number of aryl methyl sites for hydroxylation is 1. The van der Waals surface area contributed by atoms with Crippen LogP contribution in [0.5, 0.6) is 5.75 Å². The maximum absolute atomic E-state index is 13.2. The number of nitrogens with zero attached hydrogens (tertiary/aromatic N) is 3. The zero-order valence-corrected chi connectivity index (χ0v) is 16.2. The zero-order chi connectivity index (χ0) is 18.9. The molecule has 26 heavy (non-hydrogen) atoms. The molecule has 1 aromatic heterocycles. The average molecular weight is 357 g/mol. The summed E-state index contributed by atoms with van der Waals surface area (Å²) < 4.78 is 12.8. The van der Waals surface area contributed by atoms with Gasteiger partial charge in [0, 0.05) is 25.2 Å². The first-order chi connectivity index (χ1) is 12.3. The van der Waals surface area contributed by atoms with Gasteiger partial charge in [-0.2, -0.15) is 5.10 Å². The largest absolute Gasteiger partial charge is 0.497 e. The van der Waals surface area contributed by atoms with Crippen LogP contribution in [-0.2, 0) is 17.2 Å². The highest BCUT2D eigenvalue weighted by atomic mass is 16.5. The molecule has 1 aliphatic rings. The predicted octanol–water partition coefficient (Wildman–Crippen LogP) is 2.94. The molecule has 0 radical (unpaired) electrons. The van der Waals surface area contributed by atoms with Crippen LogP contribution in [-0.4, -0.2) is 47.4 Å². The molecule has 1 saturated heterocycles. The summed E-state index contributed by atoms with van der Waals surface area (Å²) in [4.78, 5) is 15.0. The summed E-state index contributed by atoms with van der Waals surface area (Å²) in [5.41, 5.74) is 2.37. The maximum Gasteiger partial charge on any atom is 0.257 e. The van der Waals surface area contributed by atoms with Gasteiger partial charge in [-0.05, 0) is 17.7 Å². The molecule has 6 heteroatoms. The van der Waals surface area contributed by atoms with Crippen LogP contribution in [0.15, 0.2) is 30.5 Å². The lowest BCUT2D eigenvalue weighted by molar-refractivity contribution is -0.0229. The van der Waals surface area contributed by atoms with Gasteiger partial charge in [0.1, 0.15) is 11.9 Å². The summed E-state index contributed by atoms with van der Waals surface area (Å²) >= 11 is 0. The molecular formula is C20H27N3O3. The van der Waals surface area contributed by atoms with Gasteiger partial charge in [-0.1, -0.05) is 32.9 Å². The lowest BCUT2D eigenvalue weighted by Crippen LogP contribution is -2.42. The van der Waals surface area contributed by atoms with Gasteiger partial charge < -0.3 is 14.4 Å². The molecule has 1 fully saturated rings. The third-order valence-corrected chi connectivity index (χ3v) is 4.61. The molecule has 0 spiro atoms. The number of carbonyl (C=O) groups is 1. The number of hydrogen-bond donors (Lipinski definition) is 0. The number of rotatable bonds is 3. The minimum Gasteiger partial charge on any atom is -0.497 e. The minimum atomic E-state index is -0.187. The van der Waals surface area contributed by atoms with Crippen LogP contribution >= 0.6 is 0 Å². The van der Waals surface area contributed by atoms with Crippen LogP contribution in [0, 0.1) is 0 Å². The Bertz CT molecular complexity index is 775.